The zero-order chi connectivity index (χ0) is 8.27. The molecule has 1 rings (SSSR count). The van der Waals surface area contributed by atoms with Crippen LogP contribution in [0.2, 0.25) is 0 Å². The van der Waals surface area contributed by atoms with Gasteiger partial charge in [-0.2, -0.15) is 0 Å². The Morgan fingerprint density at radius 3 is 2.73 bits per heavy atom. The van der Waals surface area contributed by atoms with Crippen molar-refractivity contribution >= 4 is 0 Å². The molecule has 0 radical (unpaired) electrons. The van der Waals surface area contributed by atoms with Crippen molar-refractivity contribution in [1.82, 2.24) is 9.80 Å². The molecule has 0 aromatic heterocycles. The summed E-state index contributed by atoms with van der Waals surface area (Å²) in [6.45, 7) is 6.04. The zero-order valence-corrected chi connectivity index (χ0v) is 7.38. The van der Waals surface area contributed by atoms with Crippen molar-refractivity contribution in [3.8, 4) is 0 Å². The Balaban J connectivity index is 2.62. The minimum absolute atomic E-state index is 0.975. The highest BCUT2D eigenvalue weighted by molar-refractivity contribution is 4.98. The third-order valence-corrected chi connectivity index (χ3v) is 2.06. The topological polar surface area (TPSA) is 6.48 Å². The fourth-order valence-corrected chi connectivity index (χ4v) is 1.14. The van der Waals surface area contributed by atoms with Gasteiger partial charge in [-0.15, -0.1) is 0 Å². The molecule has 62 valence electrons. The van der Waals surface area contributed by atoms with Crippen LogP contribution in [0.5, 0.6) is 0 Å². The molecule has 0 amide bonds. The molecule has 0 aromatic carbocycles. The van der Waals surface area contributed by atoms with Crippen LogP contribution in [0.1, 0.15) is 6.42 Å². The quantitative estimate of drug-likeness (QED) is 0.482. The predicted molar refractivity (Wildman–Crippen MR) is 48.2 cm³/mol. The van der Waals surface area contributed by atoms with Gasteiger partial charge in [0.05, 0.1) is 5.82 Å². The van der Waals surface area contributed by atoms with Crippen LogP contribution in [0.25, 0.3) is 0 Å². The van der Waals surface area contributed by atoms with Crippen LogP contribution in [0.4, 0.5) is 0 Å². The Morgan fingerprint density at radius 1 is 1.27 bits per heavy atom. The molecule has 2 heteroatoms. The maximum atomic E-state index is 4.00. The fourth-order valence-electron chi connectivity index (χ4n) is 1.14. The average Bonchev–Trinajstić information content (AvgIpc) is 2.00. The van der Waals surface area contributed by atoms with Crippen LogP contribution in [0, 0.1) is 0 Å². The summed E-state index contributed by atoms with van der Waals surface area (Å²) >= 11 is 0. The van der Waals surface area contributed by atoms with E-state index >= 15 is 0 Å². The molecule has 0 saturated carbocycles. The number of hydrogen-bond donors (Lipinski definition) is 0. The number of likely N-dealkylation sites (N-methyl/N-ethyl adjacent to an activating group) is 1. The van der Waals surface area contributed by atoms with Crippen molar-refractivity contribution in [1.29, 1.82) is 0 Å². The first-order valence-electron chi connectivity index (χ1n) is 3.98. The lowest BCUT2D eigenvalue weighted by Crippen LogP contribution is -2.31. The molecule has 1 heterocycles. The zero-order valence-electron chi connectivity index (χ0n) is 7.38. The predicted octanol–water partition coefficient (Wildman–Crippen LogP) is 1.28. The van der Waals surface area contributed by atoms with Gasteiger partial charge >= 0.3 is 0 Å². The standard InChI is InChI=1S/C9H16N2/c1-9-10(2)7-5-4-6-8-11(9)3/h4-5H,1,6-8H2,2-3H3. The molecule has 0 saturated heterocycles. The van der Waals surface area contributed by atoms with E-state index in [1.165, 1.54) is 0 Å². The molecule has 0 aliphatic carbocycles. The summed E-state index contributed by atoms with van der Waals surface area (Å²) in [5, 5.41) is 0. The molecule has 0 N–H and O–H groups in total. The maximum absolute atomic E-state index is 4.00. The van der Waals surface area contributed by atoms with Gasteiger partial charge in [0, 0.05) is 27.2 Å². The van der Waals surface area contributed by atoms with E-state index in [0.29, 0.717) is 0 Å². The van der Waals surface area contributed by atoms with E-state index in [0.717, 1.165) is 25.3 Å². The van der Waals surface area contributed by atoms with Crippen molar-refractivity contribution in [2.45, 2.75) is 6.42 Å². The Labute approximate surface area is 68.8 Å². The Morgan fingerprint density at radius 2 is 2.00 bits per heavy atom. The monoisotopic (exact) mass is 152 g/mol. The first-order chi connectivity index (χ1) is 5.22. The van der Waals surface area contributed by atoms with Crippen LogP contribution in [0.15, 0.2) is 24.6 Å². The molecule has 1 aliphatic rings. The van der Waals surface area contributed by atoms with Crippen LogP contribution in [-0.4, -0.2) is 37.0 Å². The Hall–Kier alpha value is -0.920. The fraction of sp³-hybridized carbons (Fsp3) is 0.556. The number of hydrogen-bond acceptors (Lipinski definition) is 2. The molecule has 0 spiro atoms. The van der Waals surface area contributed by atoms with E-state index in [1.807, 2.05) is 0 Å². The third-order valence-electron chi connectivity index (χ3n) is 2.06. The van der Waals surface area contributed by atoms with Crippen molar-refractivity contribution in [3.63, 3.8) is 0 Å². The molecule has 11 heavy (non-hydrogen) atoms. The van der Waals surface area contributed by atoms with Gasteiger partial charge in [-0.05, 0) is 6.42 Å². The van der Waals surface area contributed by atoms with Crippen molar-refractivity contribution in [3.05, 3.63) is 24.6 Å². The Bertz CT molecular complexity index is 172. The molecular formula is C9H16N2. The van der Waals surface area contributed by atoms with Gasteiger partial charge in [-0.1, -0.05) is 18.7 Å². The molecule has 1 aliphatic heterocycles. The first kappa shape index (κ1) is 8.18. The lowest BCUT2D eigenvalue weighted by Gasteiger charge is -2.30. The van der Waals surface area contributed by atoms with Crippen molar-refractivity contribution in [2.75, 3.05) is 27.2 Å². The molecule has 0 bridgehead atoms. The van der Waals surface area contributed by atoms with Gasteiger partial charge in [0.25, 0.3) is 0 Å². The smallest absolute Gasteiger partial charge is 0.0962 e. The molecule has 0 fully saturated rings. The van der Waals surface area contributed by atoms with Crippen LogP contribution in [0.3, 0.4) is 0 Å². The van der Waals surface area contributed by atoms with E-state index in [2.05, 4.69) is 42.6 Å². The summed E-state index contributed by atoms with van der Waals surface area (Å²) in [6, 6.07) is 0. The third kappa shape index (κ3) is 2.00. The van der Waals surface area contributed by atoms with Crippen molar-refractivity contribution < 1.29 is 0 Å². The average molecular weight is 152 g/mol. The van der Waals surface area contributed by atoms with E-state index in [1.54, 1.807) is 0 Å². The van der Waals surface area contributed by atoms with Crippen LogP contribution in [-0.2, 0) is 0 Å². The van der Waals surface area contributed by atoms with Gasteiger partial charge in [0.2, 0.25) is 0 Å². The lowest BCUT2D eigenvalue weighted by molar-refractivity contribution is 0.284. The lowest BCUT2D eigenvalue weighted by atomic mass is 10.3. The summed E-state index contributed by atoms with van der Waals surface area (Å²) < 4.78 is 0. The van der Waals surface area contributed by atoms with Crippen molar-refractivity contribution in [2.24, 2.45) is 0 Å². The number of nitrogens with zero attached hydrogens (tertiary/aromatic N) is 2. The van der Waals surface area contributed by atoms with Gasteiger partial charge in [-0.3, -0.25) is 0 Å². The highest BCUT2D eigenvalue weighted by Gasteiger charge is 2.06. The molecule has 0 unspecified atom stereocenters. The van der Waals surface area contributed by atoms with Gasteiger partial charge in [-0.25, -0.2) is 0 Å². The minimum Gasteiger partial charge on any atom is -0.362 e. The second-order valence-corrected chi connectivity index (χ2v) is 2.98. The summed E-state index contributed by atoms with van der Waals surface area (Å²) in [4.78, 5) is 4.33. The van der Waals surface area contributed by atoms with E-state index in [9.17, 15) is 0 Å². The SMILES string of the molecule is C=C1N(C)CC=CCCN1C. The van der Waals surface area contributed by atoms with E-state index in [4.69, 9.17) is 0 Å². The largest absolute Gasteiger partial charge is 0.362 e. The molecular weight excluding hydrogens is 136 g/mol. The molecule has 0 atom stereocenters. The highest BCUT2D eigenvalue weighted by atomic mass is 15.3. The summed E-state index contributed by atoms with van der Waals surface area (Å²) in [6.07, 6.45) is 5.54. The van der Waals surface area contributed by atoms with E-state index in [-0.39, 0.29) is 0 Å². The number of rotatable bonds is 0. The van der Waals surface area contributed by atoms with Gasteiger partial charge in [0.15, 0.2) is 0 Å². The second-order valence-electron chi connectivity index (χ2n) is 2.98. The van der Waals surface area contributed by atoms with Crippen LogP contribution < -0.4 is 0 Å². The molecule has 2 nitrogen and oxygen atoms in total. The van der Waals surface area contributed by atoms with E-state index < -0.39 is 0 Å². The maximum Gasteiger partial charge on any atom is 0.0962 e. The first-order valence-corrected chi connectivity index (χ1v) is 3.98. The Kier molecular flexibility index (Phi) is 2.58. The second kappa shape index (κ2) is 3.46. The van der Waals surface area contributed by atoms with Crippen LogP contribution >= 0.6 is 0 Å². The van der Waals surface area contributed by atoms with Gasteiger partial charge < -0.3 is 9.80 Å². The summed E-state index contributed by atoms with van der Waals surface area (Å²) in [5.74, 6) is 1.11. The normalized spacial score (nSPS) is 20.0. The summed E-state index contributed by atoms with van der Waals surface area (Å²) in [7, 11) is 4.15. The van der Waals surface area contributed by atoms with Gasteiger partial charge in [0.1, 0.15) is 0 Å². The minimum atomic E-state index is 0.975. The molecule has 0 aromatic rings. The summed E-state index contributed by atoms with van der Waals surface area (Å²) in [5.41, 5.74) is 0. The highest BCUT2D eigenvalue weighted by Crippen LogP contribution is 2.07.